The number of rotatable bonds is 2. The van der Waals surface area contributed by atoms with Crippen LogP contribution in [-0.4, -0.2) is 39.9 Å². The molecule has 0 bridgehead atoms. The number of aliphatic hydroxyl groups excluding tert-OH is 1. The van der Waals surface area contributed by atoms with E-state index in [1.807, 2.05) is 26.0 Å². The van der Waals surface area contributed by atoms with E-state index in [9.17, 15) is 20.1 Å². The predicted octanol–water partition coefficient (Wildman–Crippen LogP) is 2.97. The Morgan fingerprint density at radius 1 is 1.14 bits per heavy atom. The lowest BCUT2D eigenvalue weighted by Gasteiger charge is -2.33. The number of benzene rings is 2. The zero-order valence-electron chi connectivity index (χ0n) is 15.6. The van der Waals surface area contributed by atoms with Crippen LogP contribution in [0.3, 0.4) is 0 Å². The van der Waals surface area contributed by atoms with Crippen molar-refractivity contribution in [3.63, 3.8) is 0 Å². The summed E-state index contributed by atoms with van der Waals surface area (Å²) in [5.41, 5.74) is 0.490. The molecular weight excluding hydrogens is 364 g/mol. The Balaban J connectivity index is 1.83. The Morgan fingerprint density at radius 2 is 1.89 bits per heavy atom. The molecule has 0 aliphatic carbocycles. The van der Waals surface area contributed by atoms with Gasteiger partial charge in [-0.25, -0.2) is 0 Å². The quantitative estimate of drug-likeness (QED) is 0.731. The monoisotopic (exact) mass is 384 g/mol. The molecule has 2 aliphatic heterocycles. The fourth-order valence-electron chi connectivity index (χ4n) is 3.55. The number of aliphatic hydroxyl groups is 1. The molecule has 146 valence electrons. The van der Waals surface area contributed by atoms with E-state index in [2.05, 4.69) is 0 Å². The Morgan fingerprint density at radius 3 is 2.61 bits per heavy atom. The van der Waals surface area contributed by atoms with Crippen LogP contribution in [0, 0.1) is 0 Å². The van der Waals surface area contributed by atoms with Crippen LogP contribution < -0.4 is 14.2 Å². The minimum atomic E-state index is -1.56. The van der Waals surface area contributed by atoms with Crippen LogP contribution in [0.1, 0.15) is 41.4 Å². The van der Waals surface area contributed by atoms with E-state index in [-0.39, 0.29) is 17.1 Å². The molecule has 0 spiro atoms. The summed E-state index contributed by atoms with van der Waals surface area (Å²) in [6.45, 7) is 3.85. The normalized spacial score (nSPS) is 21.9. The molecule has 0 fully saturated rings. The third-order valence-corrected chi connectivity index (χ3v) is 4.84. The first-order chi connectivity index (χ1) is 13.2. The van der Waals surface area contributed by atoms with E-state index >= 15 is 0 Å². The fraction of sp³-hybridized carbons (Fsp3) is 0.286. The van der Waals surface area contributed by atoms with Crippen LogP contribution in [0.4, 0.5) is 0 Å². The largest absolute Gasteiger partial charge is 0.508 e. The highest BCUT2D eigenvalue weighted by molar-refractivity contribution is 6.05. The second-order valence-corrected chi connectivity index (χ2v) is 7.32. The highest BCUT2D eigenvalue weighted by Crippen LogP contribution is 2.46. The molecule has 3 N–H and O–H groups in total. The Kier molecular flexibility index (Phi) is 4.01. The minimum absolute atomic E-state index is 0.00880. The predicted molar refractivity (Wildman–Crippen MR) is 100 cm³/mol. The van der Waals surface area contributed by atoms with Crippen molar-refractivity contribution in [2.45, 2.75) is 31.7 Å². The summed E-state index contributed by atoms with van der Waals surface area (Å²) in [7, 11) is 1.48. The van der Waals surface area contributed by atoms with E-state index in [0.717, 1.165) is 6.07 Å². The molecule has 0 saturated carbocycles. The lowest BCUT2D eigenvalue weighted by atomic mass is 9.90. The van der Waals surface area contributed by atoms with Crippen molar-refractivity contribution in [3.05, 3.63) is 47.0 Å². The number of phenols is 2. The van der Waals surface area contributed by atoms with Gasteiger partial charge in [0.1, 0.15) is 39.9 Å². The average molecular weight is 384 g/mol. The van der Waals surface area contributed by atoms with Gasteiger partial charge in [0.25, 0.3) is 0 Å². The summed E-state index contributed by atoms with van der Waals surface area (Å²) in [6, 6.07) is 5.65. The van der Waals surface area contributed by atoms with Gasteiger partial charge in [-0.3, -0.25) is 4.79 Å². The molecule has 0 amide bonds. The first-order valence-electron chi connectivity index (χ1n) is 8.76. The molecule has 2 atom stereocenters. The van der Waals surface area contributed by atoms with Gasteiger partial charge in [0.05, 0.1) is 12.7 Å². The molecule has 0 radical (unpaired) electrons. The zero-order chi connectivity index (χ0) is 20.2. The fourth-order valence-corrected chi connectivity index (χ4v) is 3.55. The third-order valence-electron chi connectivity index (χ3n) is 4.84. The molecule has 2 aromatic rings. The SMILES string of the molecule is COc1c(C2Oc3cc(O)cc(O)c3C(=O)C2O)ccc2c1C=CC(C)(C)O2. The summed E-state index contributed by atoms with van der Waals surface area (Å²) in [5.74, 6) is -0.389. The van der Waals surface area contributed by atoms with Crippen LogP contribution in [0.15, 0.2) is 30.3 Å². The number of phenolic OH excluding ortho intramolecular Hbond substituents is 2. The van der Waals surface area contributed by atoms with Gasteiger partial charge in [-0.05, 0) is 38.1 Å². The molecule has 7 heteroatoms. The minimum Gasteiger partial charge on any atom is -0.508 e. The van der Waals surface area contributed by atoms with Crippen LogP contribution in [0.5, 0.6) is 28.7 Å². The second kappa shape index (κ2) is 6.17. The van der Waals surface area contributed by atoms with Crippen molar-refractivity contribution >= 4 is 11.9 Å². The van der Waals surface area contributed by atoms with Crippen molar-refractivity contribution in [1.82, 2.24) is 0 Å². The molecule has 28 heavy (non-hydrogen) atoms. The van der Waals surface area contributed by atoms with E-state index < -0.39 is 29.3 Å². The summed E-state index contributed by atoms with van der Waals surface area (Å²) in [5, 5.41) is 30.3. The lowest BCUT2D eigenvalue weighted by molar-refractivity contribution is 0.0202. The van der Waals surface area contributed by atoms with Crippen molar-refractivity contribution in [2.75, 3.05) is 7.11 Å². The summed E-state index contributed by atoms with van der Waals surface area (Å²) in [4.78, 5) is 12.7. The Hall–Kier alpha value is -3.19. The summed E-state index contributed by atoms with van der Waals surface area (Å²) < 4.78 is 17.3. The maximum atomic E-state index is 12.7. The maximum absolute atomic E-state index is 12.7. The molecule has 2 aliphatic rings. The molecule has 0 saturated heterocycles. The van der Waals surface area contributed by atoms with E-state index in [1.54, 1.807) is 12.1 Å². The van der Waals surface area contributed by atoms with E-state index in [1.165, 1.54) is 13.2 Å². The number of Topliss-reactive ketones (excluding diaryl/α,β-unsaturated/α-hetero) is 1. The first-order valence-corrected chi connectivity index (χ1v) is 8.76. The van der Waals surface area contributed by atoms with Gasteiger partial charge in [0, 0.05) is 17.7 Å². The number of methoxy groups -OCH3 is 1. The number of aromatic hydroxyl groups is 2. The Bertz CT molecular complexity index is 1010. The second-order valence-electron chi connectivity index (χ2n) is 7.32. The number of carbonyl (C=O) groups is 1. The van der Waals surface area contributed by atoms with Crippen LogP contribution >= 0.6 is 0 Å². The first kappa shape index (κ1) is 18.2. The number of hydrogen-bond acceptors (Lipinski definition) is 7. The standard InChI is InChI=1S/C21H20O7/c1-21(2)7-6-11-14(28-21)5-4-12(19(11)26-3)20-18(25)17(24)16-13(23)8-10(22)9-15(16)27-20/h4-9,18,20,22-23,25H,1-3H3. The Labute approximate surface area is 161 Å². The number of fused-ring (bicyclic) bond motifs is 2. The van der Waals surface area contributed by atoms with Crippen LogP contribution in [0.25, 0.3) is 6.08 Å². The summed E-state index contributed by atoms with van der Waals surface area (Å²) >= 11 is 0. The number of hydrogen-bond donors (Lipinski definition) is 3. The highest BCUT2D eigenvalue weighted by atomic mass is 16.5. The van der Waals surface area contributed by atoms with Crippen molar-refractivity contribution in [1.29, 1.82) is 0 Å². The smallest absolute Gasteiger partial charge is 0.202 e. The van der Waals surface area contributed by atoms with Gasteiger partial charge >= 0.3 is 0 Å². The molecule has 2 aromatic carbocycles. The van der Waals surface area contributed by atoms with Crippen molar-refractivity contribution in [3.8, 4) is 28.7 Å². The van der Waals surface area contributed by atoms with E-state index in [0.29, 0.717) is 22.6 Å². The average Bonchev–Trinajstić information content (AvgIpc) is 2.62. The van der Waals surface area contributed by atoms with Gasteiger partial charge in [0.2, 0.25) is 5.78 Å². The molecular formula is C21H20O7. The van der Waals surface area contributed by atoms with Gasteiger partial charge in [-0.1, -0.05) is 0 Å². The molecule has 0 aromatic heterocycles. The van der Waals surface area contributed by atoms with Gasteiger partial charge < -0.3 is 29.5 Å². The topological polar surface area (TPSA) is 105 Å². The number of ether oxygens (including phenoxy) is 3. The summed E-state index contributed by atoms with van der Waals surface area (Å²) in [6.07, 6.45) is 1.12. The zero-order valence-corrected chi connectivity index (χ0v) is 15.6. The van der Waals surface area contributed by atoms with Gasteiger partial charge in [-0.15, -0.1) is 0 Å². The number of ketones is 1. The molecule has 4 rings (SSSR count). The van der Waals surface area contributed by atoms with Crippen LogP contribution in [-0.2, 0) is 0 Å². The maximum Gasteiger partial charge on any atom is 0.202 e. The van der Waals surface area contributed by atoms with Crippen LogP contribution in [0.2, 0.25) is 0 Å². The molecule has 2 heterocycles. The van der Waals surface area contributed by atoms with E-state index in [4.69, 9.17) is 14.2 Å². The highest BCUT2D eigenvalue weighted by Gasteiger charge is 2.41. The third kappa shape index (κ3) is 2.75. The number of carbonyl (C=O) groups excluding carboxylic acids is 1. The van der Waals surface area contributed by atoms with Gasteiger partial charge in [-0.2, -0.15) is 0 Å². The molecule has 2 unspecified atom stereocenters. The van der Waals surface area contributed by atoms with Crippen molar-refractivity contribution < 1.29 is 34.3 Å². The lowest BCUT2D eigenvalue weighted by Crippen LogP contribution is -2.36. The molecule has 7 nitrogen and oxygen atoms in total. The van der Waals surface area contributed by atoms with Gasteiger partial charge in [0.15, 0.2) is 12.2 Å². The van der Waals surface area contributed by atoms with Crippen molar-refractivity contribution in [2.24, 2.45) is 0 Å².